The minimum absolute atomic E-state index is 0.130. The van der Waals surface area contributed by atoms with Gasteiger partial charge in [-0.2, -0.15) is 4.68 Å². The van der Waals surface area contributed by atoms with E-state index in [1.165, 1.54) is 0 Å². The van der Waals surface area contributed by atoms with Crippen LogP contribution in [0.5, 0.6) is 0 Å². The number of benzene rings is 2. The first-order valence-corrected chi connectivity index (χ1v) is 8.61. The fourth-order valence-corrected chi connectivity index (χ4v) is 3.08. The van der Waals surface area contributed by atoms with Crippen molar-refractivity contribution in [1.29, 1.82) is 0 Å². The summed E-state index contributed by atoms with van der Waals surface area (Å²) in [5, 5.41) is 14.6. The molecule has 0 atom stereocenters. The van der Waals surface area contributed by atoms with E-state index in [0.717, 1.165) is 16.3 Å². The van der Waals surface area contributed by atoms with Gasteiger partial charge in [0.15, 0.2) is 5.82 Å². The van der Waals surface area contributed by atoms with E-state index in [1.807, 2.05) is 54.6 Å². The van der Waals surface area contributed by atoms with Crippen molar-refractivity contribution >= 4 is 17.7 Å². The van der Waals surface area contributed by atoms with E-state index in [4.69, 9.17) is 0 Å². The molecule has 0 aliphatic rings. The second kappa shape index (κ2) is 7.74. The number of thioether (sulfide) groups is 1. The van der Waals surface area contributed by atoms with E-state index in [2.05, 4.69) is 27.8 Å². The lowest BCUT2D eigenvalue weighted by molar-refractivity contribution is 0.0946. The highest BCUT2D eigenvalue weighted by atomic mass is 32.2. The predicted molar refractivity (Wildman–Crippen MR) is 93.2 cm³/mol. The molecule has 1 aromatic heterocycles. The van der Waals surface area contributed by atoms with Crippen LogP contribution in [-0.2, 0) is 6.54 Å². The maximum absolute atomic E-state index is 12.5. The highest BCUT2D eigenvalue weighted by molar-refractivity contribution is 7.99. The van der Waals surface area contributed by atoms with Gasteiger partial charge in [-0.1, -0.05) is 37.3 Å². The Balaban J connectivity index is 1.73. The first kappa shape index (κ1) is 16.2. The van der Waals surface area contributed by atoms with E-state index in [0.29, 0.717) is 11.4 Å². The molecule has 1 heterocycles. The van der Waals surface area contributed by atoms with Crippen LogP contribution in [0.15, 0.2) is 59.5 Å². The SMILES string of the molecule is CCSc1ccccc1C(=O)NCc1nnnn1-c1ccccc1. The van der Waals surface area contributed by atoms with Gasteiger partial charge in [-0.15, -0.1) is 16.9 Å². The monoisotopic (exact) mass is 339 g/mol. The van der Waals surface area contributed by atoms with E-state index < -0.39 is 0 Å². The maximum Gasteiger partial charge on any atom is 0.252 e. The Kier molecular flexibility index (Phi) is 5.22. The average molecular weight is 339 g/mol. The number of tetrazole rings is 1. The van der Waals surface area contributed by atoms with Gasteiger partial charge >= 0.3 is 0 Å². The molecular weight excluding hydrogens is 322 g/mol. The van der Waals surface area contributed by atoms with Crippen LogP contribution in [0.25, 0.3) is 5.69 Å². The lowest BCUT2D eigenvalue weighted by atomic mass is 10.2. The summed E-state index contributed by atoms with van der Waals surface area (Å²) in [6.07, 6.45) is 0. The van der Waals surface area contributed by atoms with E-state index >= 15 is 0 Å². The maximum atomic E-state index is 12.5. The predicted octanol–water partition coefficient (Wildman–Crippen LogP) is 2.70. The Hall–Kier alpha value is -2.67. The number of rotatable bonds is 6. The van der Waals surface area contributed by atoms with Gasteiger partial charge in [0.2, 0.25) is 0 Å². The Bertz CT molecular complexity index is 819. The highest BCUT2D eigenvalue weighted by Gasteiger charge is 2.13. The zero-order chi connectivity index (χ0) is 16.8. The van der Waals surface area contributed by atoms with Crippen LogP contribution in [0.1, 0.15) is 23.1 Å². The second-order valence-corrected chi connectivity index (χ2v) is 6.26. The van der Waals surface area contributed by atoms with Crippen LogP contribution in [0.4, 0.5) is 0 Å². The largest absolute Gasteiger partial charge is 0.345 e. The second-order valence-electron chi connectivity index (χ2n) is 4.95. The minimum atomic E-state index is -0.130. The first-order valence-electron chi connectivity index (χ1n) is 7.62. The number of nitrogens with one attached hydrogen (secondary N) is 1. The van der Waals surface area contributed by atoms with Gasteiger partial charge in [-0.05, 0) is 40.4 Å². The van der Waals surface area contributed by atoms with Gasteiger partial charge in [0.05, 0.1) is 17.8 Å². The number of carbonyl (C=O) groups is 1. The van der Waals surface area contributed by atoms with Gasteiger partial charge in [0.1, 0.15) is 0 Å². The molecule has 3 rings (SSSR count). The molecular formula is C17H17N5OS. The van der Waals surface area contributed by atoms with Crippen molar-refractivity contribution in [2.75, 3.05) is 5.75 Å². The van der Waals surface area contributed by atoms with E-state index in [9.17, 15) is 4.79 Å². The number of para-hydroxylation sites is 1. The molecule has 0 fully saturated rings. The molecule has 0 radical (unpaired) electrons. The van der Waals surface area contributed by atoms with E-state index in [-0.39, 0.29) is 12.5 Å². The molecule has 1 N–H and O–H groups in total. The normalized spacial score (nSPS) is 10.5. The van der Waals surface area contributed by atoms with Crippen molar-refractivity contribution in [3.05, 3.63) is 66.0 Å². The number of nitrogens with zero attached hydrogens (tertiary/aromatic N) is 4. The summed E-state index contributed by atoms with van der Waals surface area (Å²) in [7, 11) is 0. The van der Waals surface area contributed by atoms with Gasteiger partial charge in [0.25, 0.3) is 5.91 Å². The molecule has 0 unspecified atom stereocenters. The lowest BCUT2D eigenvalue weighted by Crippen LogP contribution is -2.25. The molecule has 0 aliphatic heterocycles. The topological polar surface area (TPSA) is 72.7 Å². The van der Waals surface area contributed by atoms with Crippen molar-refractivity contribution < 1.29 is 4.79 Å². The lowest BCUT2D eigenvalue weighted by Gasteiger charge is -2.09. The standard InChI is InChI=1S/C17H17N5OS/c1-2-24-15-11-7-6-10-14(15)17(23)18-12-16-19-20-21-22(16)13-8-4-3-5-9-13/h3-11H,2,12H2,1H3,(H,18,23). The summed E-state index contributed by atoms with van der Waals surface area (Å²) in [4.78, 5) is 13.5. The summed E-state index contributed by atoms with van der Waals surface area (Å²) < 4.78 is 1.62. The summed E-state index contributed by atoms with van der Waals surface area (Å²) >= 11 is 1.65. The van der Waals surface area contributed by atoms with Crippen LogP contribution in [0.2, 0.25) is 0 Å². The first-order chi connectivity index (χ1) is 11.8. The van der Waals surface area contributed by atoms with Gasteiger partial charge < -0.3 is 5.32 Å². The number of amides is 1. The number of carbonyl (C=O) groups excluding carboxylic acids is 1. The smallest absolute Gasteiger partial charge is 0.252 e. The zero-order valence-corrected chi connectivity index (χ0v) is 14.0. The Morgan fingerprint density at radius 2 is 1.88 bits per heavy atom. The summed E-state index contributed by atoms with van der Waals surface area (Å²) in [5.41, 5.74) is 1.52. The summed E-state index contributed by atoms with van der Waals surface area (Å²) in [6, 6.07) is 17.2. The molecule has 0 spiro atoms. The van der Waals surface area contributed by atoms with Crippen molar-refractivity contribution in [1.82, 2.24) is 25.5 Å². The molecule has 0 saturated heterocycles. The van der Waals surface area contributed by atoms with Gasteiger partial charge in [0, 0.05) is 4.90 Å². The molecule has 0 aliphatic carbocycles. The number of aromatic nitrogens is 4. The molecule has 1 amide bonds. The molecule has 0 bridgehead atoms. The zero-order valence-electron chi connectivity index (χ0n) is 13.2. The van der Waals surface area contributed by atoms with Crippen molar-refractivity contribution in [3.8, 4) is 5.69 Å². The third-order valence-electron chi connectivity index (χ3n) is 3.37. The quantitative estimate of drug-likeness (QED) is 0.699. The van der Waals surface area contributed by atoms with Crippen molar-refractivity contribution in [3.63, 3.8) is 0 Å². The Labute approximate surface area is 144 Å². The fraction of sp³-hybridized carbons (Fsp3) is 0.176. The summed E-state index contributed by atoms with van der Waals surface area (Å²) in [5.74, 6) is 1.36. The molecule has 122 valence electrons. The number of hydrogen-bond donors (Lipinski definition) is 1. The van der Waals surface area contributed by atoms with Crippen LogP contribution in [-0.4, -0.2) is 31.9 Å². The third-order valence-corrected chi connectivity index (χ3v) is 4.33. The summed E-state index contributed by atoms with van der Waals surface area (Å²) in [6.45, 7) is 2.32. The minimum Gasteiger partial charge on any atom is -0.345 e. The average Bonchev–Trinajstić information content (AvgIpc) is 3.10. The number of hydrogen-bond acceptors (Lipinski definition) is 5. The fourth-order valence-electron chi connectivity index (χ4n) is 2.28. The van der Waals surface area contributed by atoms with Crippen molar-refractivity contribution in [2.24, 2.45) is 0 Å². The van der Waals surface area contributed by atoms with Crippen LogP contribution in [0, 0.1) is 0 Å². The third kappa shape index (κ3) is 3.62. The molecule has 7 heteroatoms. The Morgan fingerprint density at radius 1 is 1.12 bits per heavy atom. The van der Waals surface area contributed by atoms with E-state index in [1.54, 1.807) is 16.4 Å². The van der Waals surface area contributed by atoms with Crippen LogP contribution >= 0.6 is 11.8 Å². The van der Waals surface area contributed by atoms with Crippen LogP contribution in [0.3, 0.4) is 0 Å². The van der Waals surface area contributed by atoms with Crippen molar-refractivity contribution in [2.45, 2.75) is 18.4 Å². The Morgan fingerprint density at radius 3 is 2.67 bits per heavy atom. The molecule has 2 aromatic carbocycles. The molecule has 0 saturated carbocycles. The molecule has 3 aromatic rings. The van der Waals surface area contributed by atoms with Gasteiger partial charge in [-0.3, -0.25) is 4.79 Å². The van der Waals surface area contributed by atoms with Crippen LogP contribution < -0.4 is 5.32 Å². The molecule has 6 nitrogen and oxygen atoms in total. The molecule has 24 heavy (non-hydrogen) atoms. The highest BCUT2D eigenvalue weighted by Crippen LogP contribution is 2.22. The van der Waals surface area contributed by atoms with Gasteiger partial charge in [-0.25, -0.2) is 0 Å².